The third-order valence-corrected chi connectivity index (χ3v) is 4.04. The van der Waals surface area contributed by atoms with E-state index in [1.54, 1.807) is 6.33 Å². The quantitative estimate of drug-likeness (QED) is 0.673. The van der Waals surface area contributed by atoms with Crippen LogP contribution >= 0.6 is 0 Å². The van der Waals surface area contributed by atoms with Crippen LogP contribution in [0.5, 0.6) is 0 Å². The summed E-state index contributed by atoms with van der Waals surface area (Å²) in [5.41, 5.74) is 2.64. The second-order valence-corrected chi connectivity index (χ2v) is 5.37. The van der Waals surface area contributed by atoms with Gasteiger partial charge in [-0.3, -0.25) is 0 Å². The van der Waals surface area contributed by atoms with E-state index in [0.717, 1.165) is 41.0 Å². The first kappa shape index (κ1) is 11.7. The summed E-state index contributed by atoms with van der Waals surface area (Å²) in [6.07, 6.45) is 6.73. The van der Waals surface area contributed by atoms with Crippen LogP contribution in [0, 0.1) is 0 Å². The Hall–Kier alpha value is -2.10. The van der Waals surface area contributed by atoms with E-state index in [4.69, 9.17) is 4.42 Å². The second kappa shape index (κ2) is 4.78. The van der Waals surface area contributed by atoms with Crippen LogP contribution < -0.4 is 4.90 Å². The number of fused-ring (bicyclic) bond motifs is 3. The van der Waals surface area contributed by atoms with Gasteiger partial charge in [0.25, 0.3) is 0 Å². The maximum Gasteiger partial charge on any atom is 0.196 e. The molecule has 0 spiro atoms. The van der Waals surface area contributed by atoms with Gasteiger partial charge in [-0.25, -0.2) is 9.97 Å². The molecule has 1 aliphatic heterocycles. The average Bonchev–Trinajstić information content (AvgIpc) is 2.68. The standard InChI is InChI=1S/C16H17N3O/c1-2-6-10-19(9-5-1)16-15-14(17-11-18-16)12-7-3-4-8-13(12)20-15/h3-4,7-8,11H,1-2,5-6,9-10H2. The molecule has 3 aromatic rings. The number of para-hydroxylation sites is 1. The molecule has 4 nitrogen and oxygen atoms in total. The van der Waals surface area contributed by atoms with E-state index in [2.05, 4.69) is 20.9 Å². The number of hydrogen-bond acceptors (Lipinski definition) is 4. The third-order valence-electron chi connectivity index (χ3n) is 4.04. The molecule has 0 aliphatic carbocycles. The van der Waals surface area contributed by atoms with E-state index in [1.807, 2.05) is 18.2 Å². The van der Waals surface area contributed by atoms with Gasteiger partial charge in [0.1, 0.15) is 17.4 Å². The molecule has 1 aromatic carbocycles. The van der Waals surface area contributed by atoms with Crippen LogP contribution in [0.3, 0.4) is 0 Å². The lowest BCUT2D eigenvalue weighted by molar-refractivity contribution is 0.658. The molecule has 4 rings (SSSR count). The molecule has 0 radical (unpaired) electrons. The number of anilines is 1. The third kappa shape index (κ3) is 1.83. The monoisotopic (exact) mass is 267 g/mol. The molecule has 2 aromatic heterocycles. The largest absolute Gasteiger partial charge is 0.450 e. The van der Waals surface area contributed by atoms with Crippen molar-refractivity contribution >= 4 is 27.9 Å². The highest BCUT2D eigenvalue weighted by Crippen LogP contribution is 2.32. The first-order valence-electron chi connectivity index (χ1n) is 7.31. The van der Waals surface area contributed by atoms with Gasteiger partial charge in [0.2, 0.25) is 0 Å². The van der Waals surface area contributed by atoms with Crippen molar-refractivity contribution in [3.8, 4) is 0 Å². The van der Waals surface area contributed by atoms with Crippen molar-refractivity contribution in [3.05, 3.63) is 30.6 Å². The lowest BCUT2D eigenvalue weighted by Gasteiger charge is -2.20. The minimum absolute atomic E-state index is 0.829. The molecule has 1 fully saturated rings. The fourth-order valence-electron chi connectivity index (χ4n) is 3.02. The number of benzene rings is 1. The molecule has 1 aliphatic rings. The highest BCUT2D eigenvalue weighted by atomic mass is 16.3. The van der Waals surface area contributed by atoms with Crippen molar-refractivity contribution in [2.75, 3.05) is 18.0 Å². The Bertz CT molecular complexity index is 742. The van der Waals surface area contributed by atoms with E-state index >= 15 is 0 Å². The van der Waals surface area contributed by atoms with Crippen LogP contribution in [-0.4, -0.2) is 23.1 Å². The Labute approximate surface area is 117 Å². The maximum absolute atomic E-state index is 6.01. The fourth-order valence-corrected chi connectivity index (χ4v) is 3.02. The van der Waals surface area contributed by atoms with E-state index in [9.17, 15) is 0 Å². The maximum atomic E-state index is 6.01. The lowest BCUT2D eigenvalue weighted by Crippen LogP contribution is -2.25. The minimum Gasteiger partial charge on any atom is -0.450 e. The highest BCUT2D eigenvalue weighted by Gasteiger charge is 2.18. The van der Waals surface area contributed by atoms with Crippen LogP contribution in [0.15, 0.2) is 35.0 Å². The Morgan fingerprint density at radius 1 is 0.950 bits per heavy atom. The van der Waals surface area contributed by atoms with Crippen LogP contribution in [0.25, 0.3) is 22.1 Å². The molecule has 0 unspecified atom stereocenters. The summed E-state index contributed by atoms with van der Waals surface area (Å²) in [6.45, 7) is 2.12. The second-order valence-electron chi connectivity index (χ2n) is 5.37. The van der Waals surface area contributed by atoms with Gasteiger partial charge in [-0.15, -0.1) is 0 Å². The number of nitrogens with zero attached hydrogens (tertiary/aromatic N) is 3. The molecule has 0 saturated carbocycles. The number of hydrogen-bond donors (Lipinski definition) is 0. The summed E-state index contributed by atoms with van der Waals surface area (Å²) in [5, 5.41) is 1.07. The zero-order chi connectivity index (χ0) is 13.4. The molecular formula is C16H17N3O. The van der Waals surface area contributed by atoms with Gasteiger partial charge >= 0.3 is 0 Å². The number of aromatic nitrogens is 2. The predicted molar refractivity (Wildman–Crippen MR) is 80.0 cm³/mol. The number of furan rings is 1. The van der Waals surface area contributed by atoms with Gasteiger partial charge in [0.05, 0.1) is 0 Å². The summed E-state index contributed by atoms with van der Waals surface area (Å²) in [7, 11) is 0. The van der Waals surface area contributed by atoms with Gasteiger partial charge < -0.3 is 9.32 Å². The van der Waals surface area contributed by atoms with E-state index < -0.39 is 0 Å². The van der Waals surface area contributed by atoms with Gasteiger partial charge in [-0.05, 0) is 25.0 Å². The van der Waals surface area contributed by atoms with E-state index in [1.165, 1.54) is 25.7 Å². The highest BCUT2D eigenvalue weighted by molar-refractivity contribution is 6.05. The molecular weight excluding hydrogens is 250 g/mol. The molecule has 102 valence electrons. The van der Waals surface area contributed by atoms with Crippen molar-refractivity contribution in [2.24, 2.45) is 0 Å². The van der Waals surface area contributed by atoms with Crippen LogP contribution in [0.2, 0.25) is 0 Å². The van der Waals surface area contributed by atoms with Gasteiger partial charge in [-0.2, -0.15) is 0 Å². The van der Waals surface area contributed by atoms with Crippen molar-refractivity contribution in [1.29, 1.82) is 0 Å². The van der Waals surface area contributed by atoms with Crippen molar-refractivity contribution in [2.45, 2.75) is 25.7 Å². The SMILES string of the molecule is c1ccc2c(c1)oc1c(N3CCCCCC3)ncnc12. The molecule has 20 heavy (non-hydrogen) atoms. The van der Waals surface area contributed by atoms with Crippen molar-refractivity contribution < 1.29 is 4.42 Å². The zero-order valence-corrected chi connectivity index (χ0v) is 11.4. The average molecular weight is 267 g/mol. The fraction of sp³-hybridized carbons (Fsp3) is 0.375. The van der Waals surface area contributed by atoms with Crippen LogP contribution in [-0.2, 0) is 0 Å². The van der Waals surface area contributed by atoms with Gasteiger partial charge in [-0.1, -0.05) is 25.0 Å². The first-order valence-corrected chi connectivity index (χ1v) is 7.31. The molecule has 4 heteroatoms. The topological polar surface area (TPSA) is 42.2 Å². The molecule has 0 atom stereocenters. The Morgan fingerprint density at radius 2 is 1.75 bits per heavy atom. The van der Waals surface area contributed by atoms with Crippen molar-refractivity contribution in [1.82, 2.24) is 9.97 Å². The van der Waals surface area contributed by atoms with Gasteiger partial charge in [0.15, 0.2) is 11.4 Å². The molecule has 3 heterocycles. The van der Waals surface area contributed by atoms with Gasteiger partial charge in [0, 0.05) is 18.5 Å². The first-order chi connectivity index (χ1) is 9.93. The lowest BCUT2D eigenvalue weighted by atomic mass is 10.2. The zero-order valence-electron chi connectivity index (χ0n) is 11.4. The normalized spacial score (nSPS) is 16.7. The summed E-state index contributed by atoms with van der Waals surface area (Å²) in [5.74, 6) is 0.952. The molecule has 0 N–H and O–H groups in total. The minimum atomic E-state index is 0.829. The summed E-state index contributed by atoms with van der Waals surface area (Å²) in [4.78, 5) is 11.3. The number of rotatable bonds is 1. The van der Waals surface area contributed by atoms with Crippen LogP contribution in [0.1, 0.15) is 25.7 Å². The molecule has 0 amide bonds. The molecule has 1 saturated heterocycles. The Kier molecular flexibility index (Phi) is 2.80. The summed E-state index contributed by atoms with van der Waals surface area (Å²) in [6, 6.07) is 8.05. The smallest absolute Gasteiger partial charge is 0.196 e. The summed E-state index contributed by atoms with van der Waals surface area (Å²) >= 11 is 0. The van der Waals surface area contributed by atoms with E-state index in [-0.39, 0.29) is 0 Å². The van der Waals surface area contributed by atoms with E-state index in [0.29, 0.717) is 0 Å². The Morgan fingerprint density at radius 3 is 2.60 bits per heavy atom. The Balaban J connectivity index is 1.90. The van der Waals surface area contributed by atoms with Crippen LogP contribution in [0.4, 0.5) is 5.82 Å². The predicted octanol–water partition coefficient (Wildman–Crippen LogP) is 3.76. The summed E-state index contributed by atoms with van der Waals surface area (Å²) < 4.78 is 6.01. The van der Waals surface area contributed by atoms with Crippen molar-refractivity contribution in [3.63, 3.8) is 0 Å². The molecule has 0 bridgehead atoms.